The molecule has 1 aliphatic rings. The fourth-order valence-corrected chi connectivity index (χ4v) is 1.77. The molecular formula is C13H15Cl2NO. The molecule has 2 nitrogen and oxygen atoms in total. The van der Waals surface area contributed by atoms with Gasteiger partial charge in [0.25, 0.3) is 0 Å². The van der Waals surface area contributed by atoms with Crippen LogP contribution in [0.4, 0.5) is 0 Å². The summed E-state index contributed by atoms with van der Waals surface area (Å²) in [5.41, 5.74) is 1.06. The first-order valence-corrected chi connectivity index (χ1v) is 6.38. The van der Waals surface area contributed by atoms with Crippen molar-refractivity contribution in [2.24, 2.45) is 0 Å². The molecule has 0 aliphatic heterocycles. The summed E-state index contributed by atoms with van der Waals surface area (Å²) in [4.78, 5) is 0. The summed E-state index contributed by atoms with van der Waals surface area (Å²) < 4.78 is 5.58. The van der Waals surface area contributed by atoms with Gasteiger partial charge in [-0.3, -0.25) is 0 Å². The number of benzene rings is 1. The quantitative estimate of drug-likeness (QED) is 0.852. The normalized spacial score (nSPS) is 14.7. The number of ether oxygens (including phenoxy) is 1. The van der Waals surface area contributed by atoms with Crippen molar-refractivity contribution < 1.29 is 4.74 Å². The topological polar surface area (TPSA) is 21.3 Å². The zero-order valence-electron chi connectivity index (χ0n) is 9.51. The van der Waals surface area contributed by atoms with Crippen molar-refractivity contribution in [3.8, 4) is 5.75 Å². The molecule has 1 saturated carbocycles. The van der Waals surface area contributed by atoms with E-state index in [-0.39, 0.29) is 0 Å². The van der Waals surface area contributed by atoms with E-state index in [1.54, 1.807) is 0 Å². The molecule has 0 amide bonds. The third-order valence-electron chi connectivity index (χ3n) is 2.57. The highest BCUT2D eigenvalue weighted by Crippen LogP contribution is 2.25. The summed E-state index contributed by atoms with van der Waals surface area (Å²) in [5.74, 6) is 0.810. The van der Waals surface area contributed by atoms with E-state index in [4.69, 9.17) is 27.9 Å². The van der Waals surface area contributed by atoms with Gasteiger partial charge in [0.15, 0.2) is 0 Å². The Labute approximate surface area is 112 Å². The van der Waals surface area contributed by atoms with Crippen LogP contribution in [0, 0.1) is 0 Å². The van der Waals surface area contributed by atoms with Crippen LogP contribution < -0.4 is 10.1 Å². The van der Waals surface area contributed by atoms with Crippen LogP contribution in [0.15, 0.2) is 29.8 Å². The minimum Gasteiger partial charge on any atom is -0.488 e. The fraction of sp³-hybridized carbons (Fsp3) is 0.385. The molecule has 0 atom stereocenters. The average molecular weight is 272 g/mol. The van der Waals surface area contributed by atoms with Gasteiger partial charge in [-0.1, -0.05) is 29.8 Å². The first-order valence-electron chi connectivity index (χ1n) is 5.63. The molecule has 0 aromatic heterocycles. The Morgan fingerprint density at radius 2 is 2.24 bits per heavy atom. The Morgan fingerprint density at radius 3 is 2.88 bits per heavy atom. The summed E-state index contributed by atoms with van der Waals surface area (Å²) in [6.07, 6.45) is 2.52. The van der Waals surface area contributed by atoms with Crippen molar-refractivity contribution in [3.63, 3.8) is 0 Å². The first-order chi connectivity index (χ1) is 8.15. The maximum absolute atomic E-state index is 5.98. The predicted molar refractivity (Wildman–Crippen MR) is 71.8 cm³/mol. The summed E-state index contributed by atoms with van der Waals surface area (Å²) in [5, 5.41) is 4.64. The van der Waals surface area contributed by atoms with E-state index in [2.05, 4.69) is 11.9 Å². The SMILES string of the molecule is C=C(Cl)COc1ccc(Cl)cc1CNC1CC1. The largest absolute Gasteiger partial charge is 0.488 e. The van der Waals surface area contributed by atoms with Gasteiger partial charge in [0.2, 0.25) is 0 Å². The lowest BCUT2D eigenvalue weighted by molar-refractivity contribution is 0.354. The highest BCUT2D eigenvalue weighted by molar-refractivity contribution is 6.30. The number of hydrogen-bond acceptors (Lipinski definition) is 2. The zero-order chi connectivity index (χ0) is 12.3. The van der Waals surface area contributed by atoms with E-state index in [1.165, 1.54) is 12.8 Å². The fourth-order valence-electron chi connectivity index (χ4n) is 1.52. The van der Waals surface area contributed by atoms with Crippen LogP contribution in [0.3, 0.4) is 0 Å². The Morgan fingerprint density at radius 1 is 1.47 bits per heavy atom. The van der Waals surface area contributed by atoms with Crippen molar-refractivity contribution in [3.05, 3.63) is 40.4 Å². The van der Waals surface area contributed by atoms with Crippen LogP contribution in [0.1, 0.15) is 18.4 Å². The number of hydrogen-bond donors (Lipinski definition) is 1. The third-order valence-corrected chi connectivity index (χ3v) is 2.91. The van der Waals surface area contributed by atoms with Crippen molar-refractivity contribution in [1.29, 1.82) is 0 Å². The molecule has 0 unspecified atom stereocenters. The first kappa shape index (κ1) is 12.7. The Hall–Kier alpha value is -0.700. The van der Waals surface area contributed by atoms with Crippen LogP contribution in [0.25, 0.3) is 0 Å². The van der Waals surface area contributed by atoms with Gasteiger partial charge in [-0.25, -0.2) is 0 Å². The summed E-state index contributed by atoms with van der Waals surface area (Å²) >= 11 is 11.7. The summed E-state index contributed by atoms with van der Waals surface area (Å²) in [7, 11) is 0. The predicted octanol–water partition coefficient (Wildman–Crippen LogP) is 3.72. The maximum Gasteiger partial charge on any atom is 0.124 e. The van der Waals surface area contributed by atoms with Crippen molar-refractivity contribution in [2.75, 3.05) is 6.61 Å². The van der Waals surface area contributed by atoms with Gasteiger partial charge >= 0.3 is 0 Å². The van der Waals surface area contributed by atoms with Crippen molar-refractivity contribution in [1.82, 2.24) is 5.32 Å². The summed E-state index contributed by atoms with van der Waals surface area (Å²) in [6.45, 7) is 4.69. The highest BCUT2D eigenvalue weighted by atomic mass is 35.5. The Balaban J connectivity index is 2.02. The number of nitrogens with one attached hydrogen (secondary N) is 1. The van der Waals surface area contributed by atoms with E-state index in [0.29, 0.717) is 17.7 Å². The Bertz CT molecular complexity index is 416. The molecule has 2 rings (SSSR count). The molecule has 0 radical (unpaired) electrons. The average Bonchev–Trinajstić information content (AvgIpc) is 3.08. The molecule has 1 N–H and O–H groups in total. The minimum atomic E-state index is 0.319. The lowest BCUT2D eigenvalue weighted by Crippen LogP contribution is -2.16. The second-order valence-corrected chi connectivity index (χ2v) is 5.18. The highest BCUT2D eigenvalue weighted by Gasteiger charge is 2.20. The lowest BCUT2D eigenvalue weighted by Gasteiger charge is -2.12. The summed E-state index contributed by atoms with van der Waals surface area (Å²) in [6, 6.07) is 6.26. The van der Waals surface area contributed by atoms with Gasteiger partial charge in [0, 0.05) is 28.2 Å². The molecular weight excluding hydrogens is 257 g/mol. The van der Waals surface area contributed by atoms with Crippen molar-refractivity contribution >= 4 is 23.2 Å². The smallest absolute Gasteiger partial charge is 0.124 e. The molecule has 92 valence electrons. The van der Waals surface area contributed by atoms with E-state index >= 15 is 0 Å². The monoisotopic (exact) mass is 271 g/mol. The molecule has 4 heteroatoms. The number of halogens is 2. The molecule has 17 heavy (non-hydrogen) atoms. The second kappa shape index (κ2) is 5.76. The third kappa shape index (κ3) is 4.23. The molecule has 0 spiro atoms. The second-order valence-electron chi connectivity index (χ2n) is 4.21. The maximum atomic E-state index is 5.98. The molecule has 0 heterocycles. The van der Waals surface area contributed by atoms with Crippen molar-refractivity contribution in [2.45, 2.75) is 25.4 Å². The number of rotatable bonds is 6. The molecule has 1 aliphatic carbocycles. The minimum absolute atomic E-state index is 0.319. The van der Waals surface area contributed by atoms with Gasteiger partial charge in [0.05, 0.1) is 0 Å². The van der Waals surface area contributed by atoms with E-state index in [9.17, 15) is 0 Å². The van der Waals surface area contributed by atoms with Crippen LogP contribution in [0.2, 0.25) is 5.02 Å². The molecule has 1 aromatic carbocycles. The van der Waals surface area contributed by atoms with Gasteiger partial charge in [0.1, 0.15) is 12.4 Å². The standard InChI is InChI=1S/C13H15Cl2NO/c1-9(14)8-17-13-5-2-11(15)6-10(13)7-16-12-3-4-12/h2,5-6,12,16H,1,3-4,7-8H2. The van der Waals surface area contributed by atoms with Gasteiger partial charge < -0.3 is 10.1 Å². The zero-order valence-corrected chi connectivity index (χ0v) is 11.0. The van der Waals surface area contributed by atoms with Crippen LogP contribution >= 0.6 is 23.2 Å². The van der Waals surface area contributed by atoms with E-state index in [0.717, 1.165) is 22.9 Å². The van der Waals surface area contributed by atoms with Crippen LogP contribution in [-0.4, -0.2) is 12.6 Å². The molecule has 0 bridgehead atoms. The van der Waals surface area contributed by atoms with Gasteiger partial charge in [-0.2, -0.15) is 0 Å². The van der Waals surface area contributed by atoms with Gasteiger partial charge in [-0.05, 0) is 31.0 Å². The lowest BCUT2D eigenvalue weighted by atomic mass is 10.2. The van der Waals surface area contributed by atoms with E-state index in [1.807, 2.05) is 18.2 Å². The van der Waals surface area contributed by atoms with Gasteiger partial charge in [-0.15, -0.1) is 0 Å². The Kier molecular flexibility index (Phi) is 4.32. The van der Waals surface area contributed by atoms with Crippen LogP contribution in [-0.2, 0) is 6.54 Å². The molecule has 1 fully saturated rings. The van der Waals surface area contributed by atoms with Crippen LogP contribution in [0.5, 0.6) is 5.75 Å². The van der Waals surface area contributed by atoms with E-state index < -0.39 is 0 Å². The molecule has 1 aromatic rings. The molecule has 0 saturated heterocycles.